The number of benzene rings is 2. The fraction of sp³-hybridized carbons (Fsp3) is 0.185. The van der Waals surface area contributed by atoms with Gasteiger partial charge in [-0.15, -0.1) is 11.3 Å². The summed E-state index contributed by atoms with van der Waals surface area (Å²) in [5.74, 6) is -0.208. The second kappa shape index (κ2) is 11.1. The van der Waals surface area contributed by atoms with E-state index in [4.69, 9.17) is 0 Å². The number of aromatic amines is 1. The van der Waals surface area contributed by atoms with Crippen molar-refractivity contribution in [3.8, 4) is 0 Å². The average molecular weight is 546 g/mol. The standard InChI is InChI=1S/C27H23N5O4S2/c1-16-13-23(33)31-27(29-16)38-22-12-11-17(14-20(22)32(35)36)15-28-26-24(19-9-5-6-10-21(19)37-26)25(34)30-18-7-3-2-4-8-18/h2-4,7-8,11-15H,5-6,9-10H2,1H3,(H,30,34)(H,29,31,33). The summed E-state index contributed by atoms with van der Waals surface area (Å²) in [6, 6.07) is 15.4. The van der Waals surface area contributed by atoms with Gasteiger partial charge in [-0.1, -0.05) is 24.3 Å². The highest BCUT2D eigenvalue weighted by atomic mass is 32.2. The van der Waals surface area contributed by atoms with Gasteiger partial charge >= 0.3 is 0 Å². The van der Waals surface area contributed by atoms with Crippen LogP contribution in [0.5, 0.6) is 0 Å². The highest BCUT2D eigenvalue weighted by molar-refractivity contribution is 7.99. The number of carbonyl (C=O) groups excluding carboxylic acids is 1. The quantitative estimate of drug-likeness (QED) is 0.125. The predicted molar refractivity (Wildman–Crippen MR) is 149 cm³/mol. The van der Waals surface area contributed by atoms with Crippen molar-refractivity contribution < 1.29 is 9.72 Å². The molecule has 11 heteroatoms. The van der Waals surface area contributed by atoms with E-state index < -0.39 is 4.92 Å². The molecule has 0 saturated carbocycles. The molecule has 0 atom stereocenters. The number of hydrogen-bond acceptors (Lipinski definition) is 8. The topological polar surface area (TPSA) is 130 Å². The Hall–Kier alpha value is -4.09. The van der Waals surface area contributed by atoms with Gasteiger partial charge in [-0.3, -0.25) is 19.7 Å². The van der Waals surface area contributed by atoms with Gasteiger partial charge in [0.15, 0.2) is 5.16 Å². The number of fused-ring (bicyclic) bond motifs is 1. The third-order valence-corrected chi connectivity index (χ3v) is 8.13. The lowest BCUT2D eigenvalue weighted by Gasteiger charge is -2.12. The number of nitro groups is 1. The van der Waals surface area contributed by atoms with Crippen molar-refractivity contribution >= 4 is 51.6 Å². The van der Waals surface area contributed by atoms with E-state index in [2.05, 4.69) is 20.3 Å². The Morgan fingerprint density at radius 2 is 1.97 bits per heavy atom. The summed E-state index contributed by atoms with van der Waals surface area (Å²) in [5, 5.41) is 15.7. The first-order chi connectivity index (χ1) is 18.4. The molecule has 0 bridgehead atoms. The van der Waals surface area contributed by atoms with Crippen LogP contribution in [0.2, 0.25) is 0 Å². The monoisotopic (exact) mass is 545 g/mol. The maximum atomic E-state index is 13.3. The Bertz CT molecular complexity index is 1610. The summed E-state index contributed by atoms with van der Waals surface area (Å²) >= 11 is 2.52. The molecule has 9 nitrogen and oxygen atoms in total. The van der Waals surface area contributed by atoms with E-state index in [-0.39, 0.29) is 22.3 Å². The van der Waals surface area contributed by atoms with Gasteiger partial charge in [-0.2, -0.15) is 0 Å². The molecular weight excluding hydrogens is 522 g/mol. The maximum absolute atomic E-state index is 13.3. The van der Waals surface area contributed by atoms with Crippen LogP contribution >= 0.6 is 23.1 Å². The fourth-order valence-corrected chi connectivity index (χ4v) is 6.43. The molecule has 1 aliphatic rings. The lowest BCUT2D eigenvalue weighted by Crippen LogP contribution is -2.14. The highest BCUT2D eigenvalue weighted by Crippen LogP contribution is 2.40. The molecule has 0 aliphatic heterocycles. The predicted octanol–water partition coefficient (Wildman–Crippen LogP) is 6.08. The number of carbonyl (C=O) groups is 1. The van der Waals surface area contributed by atoms with Crippen LogP contribution in [0, 0.1) is 17.0 Å². The number of nitro benzene ring substituents is 1. The lowest BCUT2D eigenvalue weighted by molar-refractivity contribution is -0.387. The molecule has 5 rings (SSSR count). The second-order valence-corrected chi connectivity index (χ2v) is 10.9. The first kappa shape index (κ1) is 25.6. The van der Waals surface area contributed by atoms with E-state index in [1.165, 1.54) is 28.3 Å². The molecule has 0 saturated heterocycles. The van der Waals surface area contributed by atoms with Gasteiger partial charge in [0, 0.05) is 34.6 Å². The number of aromatic nitrogens is 2. The van der Waals surface area contributed by atoms with Crippen molar-refractivity contribution in [3.63, 3.8) is 0 Å². The zero-order valence-corrected chi connectivity index (χ0v) is 22.0. The van der Waals surface area contributed by atoms with Crippen molar-refractivity contribution in [1.29, 1.82) is 0 Å². The van der Waals surface area contributed by atoms with Crippen LogP contribution in [-0.4, -0.2) is 27.0 Å². The van der Waals surface area contributed by atoms with Crippen molar-refractivity contribution in [1.82, 2.24) is 9.97 Å². The van der Waals surface area contributed by atoms with E-state index in [0.29, 0.717) is 32.4 Å². The number of anilines is 1. The smallest absolute Gasteiger partial charge is 0.283 e. The number of rotatable bonds is 7. The Morgan fingerprint density at radius 3 is 2.74 bits per heavy atom. The van der Waals surface area contributed by atoms with Crippen LogP contribution in [0.25, 0.3) is 0 Å². The number of nitrogens with one attached hydrogen (secondary N) is 2. The molecule has 0 fully saturated rings. The molecule has 1 amide bonds. The number of aliphatic imine (C=N–C) groups is 1. The van der Waals surface area contributed by atoms with Crippen LogP contribution in [0.3, 0.4) is 0 Å². The van der Waals surface area contributed by atoms with E-state index in [9.17, 15) is 19.7 Å². The molecule has 0 radical (unpaired) electrons. The second-order valence-electron chi connectivity index (χ2n) is 8.75. The van der Waals surface area contributed by atoms with Crippen LogP contribution < -0.4 is 10.9 Å². The third kappa shape index (κ3) is 5.74. The van der Waals surface area contributed by atoms with Gasteiger partial charge in [0.25, 0.3) is 17.2 Å². The van der Waals surface area contributed by atoms with E-state index in [1.807, 2.05) is 30.3 Å². The van der Waals surface area contributed by atoms with Gasteiger partial charge in [0.05, 0.1) is 15.4 Å². The Kier molecular flexibility index (Phi) is 7.47. The number of H-pyrrole nitrogens is 1. The first-order valence-corrected chi connectivity index (χ1v) is 13.6. The van der Waals surface area contributed by atoms with Gasteiger partial charge in [-0.05, 0) is 73.7 Å². The molecule has 2 N–H and O–H groups in total. The lowest BCUT2D eigenvalue weighted by atomic mass is 9.95. The molecule has 0 unspecified atom stereocenters. The Balaban J connectivity index is 1.45. The minimum atomic E-state index is -0.476. The fourth-order valence-electron chi connectivity index (χ4n) is 4.27. The molecule has 0 spiro atoms. The van der Waals surface area contributed by atoms with Crippen LogP contribution in [0.4, 0.5) is 16.4 Å². The molecule has 192 valence electrons. The van der Waals surface area contributed by atoms with E-state index in [0.717, 1.165) is 43.0 Å². The van der Waals surface area contributed by atoms with Crippen molar-refractivity contribution in [2.75, 3.05) is 5.32 Å². The molecule has 2 aromatic carbocycles. The van der Waals surface area contributed by atoms with Gasteiger partial charge in [-0.25, -0.2) is 9.98 Å². The zero-order chi connectivity index (χ0) is 26.6. The SMILES string of the molecule is Cc1cc(=O)[nH]c(Sc2ccc(C=Nc3sc4c(c3C(=O)Nc3ccccc3)CCCC4)cc2[N+](=O)[O-])n1. The van der Waals surface area contributed by atoms with Gasteiger partial charge < -0.3 is 10.3 Å². The largest absolute Gasteiger partial charge is 0.322 e. The zero-order valence-electron chi connectivity index (χ0n) is 20.4. The summed E-state index contributed by atoms with van der Waals surface area (Å²) in [5.41, 5.74) is 2.91. The van der Waals surface area contributed by atoms with Crippen LogP contribution in [0.15, 0.2) is 74.4 Å². The first-order valence-electron chi connectivity index (χ1n) is 12.0. The molecule has 2 aromatic heterocycles. The summed E-state index contributed by atoms with van der Waals surface area (Å²) in [6.45, 7) is 1.68. The summed E-state index contributed by atoms with van der Waals surface area (Å²) in [6.07, 6.45) is 5.37. The maximum Gasteiger partial charge on any atom is 0.283 e. The summed E-state index contributed by atoms with van der Waals surface area (Å²) < 4.78 is 0. The molecule has 38 heavy (non-hydrogen) atoms. The summed E-state index contributed by atoms with van der Waals surface area (Å²) in [7, 11) is 0. The number of hydrogen-bond donors (Lipinski definition) is 2. The molecule has 4 aromatic rings. The van der Waals surface area contributed by atoms with Crippen LogP contribution in [0.1, 0.15) is 44.9 Å². The number of amides is 1. The number of aryl methyl sites for hydroxylation is 2. The average Bonchev–Trinajstić information content (AvgIpc) is 3.26. The Morgan fingerprint density at radius 1 is 1.18 bits per heavy atom. The normalized spacial score (nSPS) is 12.9. The van der Waals surface area contributed by atoms with Crippen LogP contribution in [-0.2, 0) is 12.8 Å². The van der Waals surface area contributed by atoms with Crippen molar-refractivity contribution in [2.24, 2.45) is 4.99 Å². The highest BCUT2D eigenvalue weighted by Gasteiger charge is 2.25. The third-order valence-electron chi connectivity index (χ3n) is 5.98. The number of thiophene rings is 1. The number of nitrogens with zero attached hydrogens (tertiary/aromatic N) is 3. The van der Waals surface area contributed by atoms with Gasteiger partial charge in [0.2, 0.25) is 0 Å². The number of para-hydroxylation sites is 1. The summed E-state index contributed by atoms with van der Waals surface area (Å²) in [4.78, 5) is 49.4. The van der Waals surface area contributed by atoms with Gasteiger partial charge in [0.1, 0.15) is 5.00 Å². The minimum Gasteiger partial charge on any atom is -0.322 e. The molecular formula is C27H23N5O4S2. The van der Waals surface area contributed by atoms with Crippen molar-refractivity contribution in [2.45, 2.75) is 42.7 Å². The van der Waals surface area contributed by atoms with Crippen molar-refractivity contribution in [3.05, 3.63) is 102 Å². The minimum absolute atomic E-state index is 0.129. The van der Waals surface area contributed by atoms with E-state index >= 15 is 0 Å². The molecule has 1 aliphatic carbocycles. The molecule has 2 heterocycles. The Labute approximate surface area is 226 Å². The van der Waals surface area contributed by atoms with E-state index in [1.54, 1.807) is 25.3 Å².